The number of carbonyl (C=O) groups excluding carboxylic acids is 1. The van der Waals surface area contributed by atoms with Crippen LogP contribution in [0.2, 0.25) is 18.1 Å². The third kappa shape index (κ3) is 4.74. The van der Waals surface area contributed by atoms with Crippen LogP contribution < -0.4 is 0 Å². The summed E-state index contributed by atoms with van der Waals surface area (Å²) in [6.07, 6.45) is 1.29. The van der Waals surface area contributed by atoms with Crippen LogP contribution in [-0.4, -0.2) is 24.5 Å². The summed E-state index contributed by atoms with van der Waals surface area (Å²) in [6.45, 7) is 12.6. The van der Waals surface area contributed by atoms with Crippen LogP contribution in [0.25, 0.3) is 0 Å². The fraction of sp³-hybridized carbons (Fsp3) is 0.571. The highest BCUT2D eigenvalue weighted by molar-refractivity contribution is 8.13. The van der Waals surface area contributed by atoms with Crippen LogP contribution in [0.5, 0.6) is 0 Å². The maximum atomic E-state index is 12.1. The van der Waals surface area contributed by atoms with Crippen LogP contribution in [0.1, 0.15) is 27.7 Å². The molecule has 0 aromatic carbocycles. The van der Waals surface area contributed by atoms with E-state index >= 15 is 0 Å². The van der Waals surface area contributed by atoms with Crippen molar-refractivity contribution < 1.29 is 9.22 Å². The number of aromatic nitrogens is 1. The van der Waals surface area contributed by atoms with Crippen molar-refractivity contribution in [2.45, 2.75) is 57.0 Å². The third-order valence-electron chi connectivity index (χ3n) is 3.45. The minimum Gasteiger partial charge on any atom is -0.406 e. The summed E-state index contributed by atoms with van der Waals surface area (Å²) < 4.78 is 6.08. The number of carbonyl (C=O) groups is 1. The Balaban J connectivity index is 2.64. The van der Waals surface area contributed by atoms with Gasteiger partial charge in [-0.3, -0.25) is 4.79 Å². The first kappa shape index (κ1) is 16.4. The molecule has 0 bridgehead atoms. The van der Waals surface area contributed by atoms with Gasteiger partial charge >= 0.3 is 0 Å². The number of nitrogens with zero attached hydrogens (tertiary/aromatic N) is 1. The van der Waals surface area contributed by atoms with E-state index in [4.69, 9.17) is 4.43 Å². The summed E-state index contributed by atoms with van der Waals surface area (Å²) in [5.74, 6) is 0. The van der Waals surface area contributed by atoms with Gasteiger partial charge in [0.2, 0.25) is 5.12 Å². The van der Waals surface area contributed by atoms with Gasteiger partial charge in [0, 0.05) is 6.20 Å². The van der Waals surface area contributed by atoms with Crippen LogP contribution >= 0.6 is 11.8 Å². The lowest BCUT2D eigenvalue weighted by atomic mass is 10.2. The molecule has 0 radical (unpaired) electrons. The van der Waals surface area contributed by atoms with Gasteiger partial charge in [0.05, 0.1) is 0 Å². The van der Waals surface area contributed by atoms with Crippen molar-refractivity contribution in [3.63, 3.8) is 0 Å². The van der Waals surface area contributed by atoms with Crippen LogP contribution in [-0.2, 0) is 9.22 Å². The Morgan fingerprint density at radius 1 is 1.37 bits per heavy atom. The Morgan fingerprint density at radius 2 is 2.00 bits per heavy atom. The zero-order valence-corrected chi connectivity index (χ0v) is 14.4. The molecule has 0 aliphatic rings. The van der Waals surface area contributed by atoms with E-state index in [0.717, 1.165) is 16.8 Å². The number of hydrogen-bond acceptors (Lipinski definition) is 4. The Hall–Kier alpha value is -0.653. The van der Waals surface area contributed by atoms with Gasteiger partial charge in [-0.2, -0.15) is 0 Å². The number of pyridine rings is 1. The average Bonchev–Trinajstić information content (AvgIpc) is 2.28. The summed E-state index contributed by atoms with van der Waals surface area (Å²) in [5, 5.41) is 0.846. The first-order valence-electron chi connectivity index (χ1n) is 6.44. The zero-order chi connectivity index (χ0) is 14.7. The molecule has 106 valence electrons. The molecule has 5 heteroatoms. The van der Waals surface area contributed by atoms with Crippen molar-refractivity contribution in [3.05, 3.63) is 24.4 Å². The second-order valence-corrected chi connectivity index (χ2v) is 11.9. The summed E-state index contributed by atoms with van der Waals surface area (Å²) in [4.78, 5) is 16.3. The molecular weight excluding hydrogens is 274 g/mol. The lowest BCUT2D eigenvalue weighted by Gasteiger charge is -2.37. The van der Waals surface area contributed by atoms with Gasteiger partial charge in [-0.15, -0.1) is 0 Å². The van der Waals surface area contributed by atoms with Gasteiger partial charge in [0.15, 0.2) is 8.32 Å². The SMILES string of the molecule is C[C@@H](O[Si](C)(C)C(C)(C)C)C(=O)Sc1ccccn1. The van der Waals surface area contributed by atoms with Gasteiger partial charge in [0.1, 0.15) is 11.1 Å². The topological polar surface area (TPSA) is 39.2 Å². The quantitative estimate of drug-likeness (QED) is 0.619. The molecule has 0 amide bonds. The van der Waals surface area contributed by atoms with E-state index in [1.807, 2.05) is 25.1 Å². The summed E-state index contributed by atoms with van der Waals surface area (Å²) in [5.41, 5.74) is 0. The largest absolute Gasteiger partial charge is 0.406 e. The second kappa shape index (κ2) is 6.20. The van der Waals surface area contributed by atoms with E-state index in [9.17, 15) is 4.79 Å². The number of thioether (sulfide) groups is 1. The molecule has 1 atom stereocenters. The smallest absolute Gasteiger partial charge is 0.222 e. The molecule has 0 spiro atoms. The minimum absolute atomic E-state index is 0.0172. The molecule has 0 fully saturated rings. The van der Waals surface area contributed by atoms with Crippen LogP contribution in [0, 0.1) is 0 Å². The third-order valence-corrected chi connectivity index (χ3v) is 8.99. The van der Waals surface area contributed by atoms with Crippen molar-refractivity contribution in [1.82, 2.24) is 4.98 Å². The molecule has 0 saturated heterocycles. The highest BCUT2D eigenvalue weighted by atomic mass is 32.2. The van der Waals surface area contributed by atoms with E-state index in [0.29, 0.717) is 0 Å². The Morgan fingerprint density at radius 3 is 2.47 bits per heavy atom. The molecule has 0 unspecified atom stereocenters. The van der Waals surface area contributed by atoms with Crippen molar-refractivity contribution in [2.75, 3.05) is 0 Å². The summed E-state index contributed by atoms with van der Waals surface area (Å²) >= 11 is 1.15. The van der Waals surface area contributed by atoms with Crippen LogP contribution in [0.3, 0.4) is 0 Å². The average molecular weight is 297 g/mol. The molecule has 1 aromatic heterocycles. The molecule has 0 aliphatic heterocycles. The first-order valence-corrected chi connectivity index (χ1v) is 10.2. The standard InChI is InChI=1S/C14H23NO2SSi/c1-11(17-19(5,6)14(2,3)4)13(16)18-12-9-7-8-10-15-12/h7-11H,1-6H3/t11-/m1/s1. The molecule has 0 N–H and O–H groups in total. The molecule has 19 heavy (non-hydrogen) atoms. The Kier molecular flexibility index (Phi) is 5.35. The van der Waals surface area contributed by atoms with E-state index in [2.05, 4.69) is 38.8 Å². The molecular formula is C14H23NO2SSi. The lowest BCUT2D eigenvalue weighted by molar-refractivity contribution is -0.116. The van der Waals surface area contributed by atoms with E-state index in [1.54, 1.807) is 6.20 Å². The molecule has 1 heterocycles. The van der Waals surface area contributed by atoms with Crippen molar-refractivity contribution in [2.24, 2.45) is 0 Å². The number of hydrogen-bond donors (Lipinski definition) is 0. The van der Waals surface area contributed by atoms with Crippen molar-refractivity contribution in [1.29, 1.82) is 0 Å². The molecule has 0 saturated carbocycles. The summed E-state index contributed by atoms with van der Waals surface area (Å²) in [6, 6.07) is 5.55. The molecule has 1 aromatic rings. The first-order chi connectivity index (χ1) is 8.63. The lowest BCUT2D eigenvalue weighted by Crippen LogP contribution is -2.44. The normalized spacial score (nSPS) is 14.2. The number of rotatable bonds is 4. The maximum Gasteiger partial charge on any atom is 0.222 e. The maximum absolute atomic E-state index is 12.1. The Bertz CT molecular complexity index is 429. The van der Waals surface area contributed by atoms with E-state index in [1.165, 1.54) is 0 Å². The minimum atomic E-state index is -1.90. The van der Waals surface area contributed by atoms with Crippen molar-refractivity contribution >= 4 is 25.2 Å². The Labute approximate surface area is 121 Å². The predicted octanol–water partition coefficient (Wildman–Crippen LogP) is 4.11. The van der Waals surface area contributed by atoms with Crippen LogP contribution in [0.15, 0.2) is 29.4 Å². The highest BCUT2D eigenvalue weighted by Crippen LogP contribution is 2.37. The molecule has 3 nitrogen and oxygen atoms in total. The highest BCUT2D eigenvalue weighted by Gasteiger charge is 2.39. The monoisotopic (exact) mass is 297 g/mol. The van der Waals surface area contributed by atoms with Gasteiger partial charge < -0.3 is 4.43 Å². The van der Waals surface area contributed by atoms with Gasteiger partial charge in [-0.25, -0.2) is 4.98 Å². The van der Waals surface area contributed by atoms with Gasteiger partial charge in [-0.05, 0) is 49.0 Å². The van der Waals surface area contributed by atoms with Gasteiger partial charge in [0.25, 0.3) is 0 Å². The van der Waals surface area contributed by atoms with Crippen molar-refractivity contribution in [3.8, 4) is 0 Å². The molecule has 0 aliphatic carbocycles. The predicted molar refractivity (Wildman–Crippen MR) is 82.8 cm³/mol. The second-order valence-electron chi connectivity index (χ2n) is 6.11. The van der Waals surface area contributed by atoms with E-state index < -0.39 is 14.4 Å². The zero-order valence-electron chi connectivity index (χ0n) is 12.6. The van der Waals surface area contributed by atoms with Gasteiger partial charge in [-0.1, -0.05) is 26.8 Å². The summed E-state index contributed by atoms with van der Waals surface area (Å²) in [7, 11) is -1.90. The van der Waals surface area contributed by atoms with Crippen LogP contribution in [0.4, 0.5) is 0 Å². The molecule has 1 rings (SSSR count). The van der Waals surface area contributed by atoms with E-state index in [-0.39, 0.29) is 10.2 Å². The fourth-order valence-corrected chi connectivity index (χ4v) is 3.37. The fourth-order valence-electron chi connectivity index (χ4n) is 1.26.